The van der Waals surface area contributed by atoms with E-state index in [1.54, 1.807) is 4.90 Å². The van der Waals surface area contributed by atoms with E-state index in [1.807, 2.05) is 11.8 Å². The topological polar surface area (TPSA) is 95.7 Å². The summed E-state index contributed by atoms with van der Waals surface area (Å²) in [5.74, 6) is 2.15. The molecule has 1 unspecified atom stereocenters. The van der Waals surface area contributed by atoms with Crippen LogP contribution in [0.4, 0.5) is 0 Å². The first-order chi connectivity index (χ1) is 8.97. The molecular formula is C10H21ClN4O3S2. The highest BCUT2D eigenvalue weighted by Gasteiger charge is 2.27. The number of rotatable bonds is 3. The van der Waals surface area contributed by atoms with Gasteiger partial charge in [0.25, 0.3) is 10.2 Å². The smallest absolute Gasteiger partial charge is 0.277 e. The Morgan fingerprint density at radius 1 is 1.30 bits per heavy atom. The minimum Gasteiger partial charge on any atom is -0.340 e. The Kier molecular flexibility index (Phi) is 7.02. The molecule has 0 aromatic carbocycles. The normalized spacial score (nSPS) is 25.1. The number of thioether (sulfide) groups is 1. The first kappa shape index (κ1) is 18.0. The van der Waals surface area contributed by atoms with E-state index in [1.165, 1.54) is 4.31 Å². The lowest BCUT2D eigenvalue weighted by molar-refractivity contribution is -0.132. The molecule has 2 heterocycles. The molecule has 2 aliphatic heterocycles. The molecule has 0 aromatic heterocycles. The van der Waals surface area contributed by atoms with Crippen molar-refractivity contribution in [3.63, 3.8) is 0 Å². The minimum absolute atomic E-state index is 0. The number of piperazine rings is 1. The Morgan fingerprint density at radius 3 is 2.45 bits per heavy atom. The Labute approximate surface area is 130 Å². The highest BCUT2D eigenvalue weighted by atomic mass is 35.5. The van der Waals surface area contributed by atoms with Gasteiger partial charge in [-0.15, -0.1) is 12.4 Å². The third-order valence-corrected chi connectivity index (χ3v) is 5.59. The van der Waals surface area contributed by atoms with E-state index in [0.29, 0.717) is 19.5 Å². The molecular weight excluding hydrogens is 324 g/mol. The third kappa shape index (κ3) is 5.05. The number of hydrogen-bond acceptors (Lipinski definition) is 5. The fourth-order valence-corrected chi connectivity index (χ4v) is 3.90. The van der Waals surface area contributed by atoms with Gasteiger partial charge >= 0.3 is 0 Å². The molecule has 3 N–H and O–H groups in total. The Bertz CT molecular complexity index is 420. The lowest BCUT2D eigenvalue weighted by Gasteiger charge is -2.34. The van der Waals surface area contributed by atoms with Crippen LogP contribution in [0.1, 0.15) is 6.42 Å². The zero-order valence-electron chi connectivity index (χ0n) is 11.2. The fraction of sp³-hybridized carbons (Fsp3) is 0.900. The summed E-state index contributed by atoms with van der Waals surface area (Å²) >= 11 is 1.86. The lowest BCUT2D eigenvalue weighted by atomic mass is 10.2. The Balaban J connectivity index is 0.00000200. The first-order valence-corrected chi connectivity index (χ1v) is 8.99. The van der Waals surface area contributed by atoms with Crippen LogP contribution in [-0.4, -0.2) is 73.8 Å². The van der Waals surface area contributed by atoms with Gasteiger partial charge in [-0.2, -0.15) is 24.5 Å². The van der Waals surface area contributed by atoms with Crippen LogP contribution in [-0.2, 0) is 15.0 Å². The predicted molar refractivity (Wildman–Crippen MR) is 82.2 cm³/mol. The molecule has 2 saturated heterocycles. The SMILES string of the molecule is Cl.NS(=O)(=O)N1CCN(C(=O)CC2CSCCN2)CC1. The highest BCUT2D eigenvalue weighted by Crippen LogP contribution is 2.13. The maximum Gasteiger partial charge on any atom is 0.277 e. The van der Waals surface area contributed by atoms with Gasteiger partial charge in [-0.1, -0.05) is 0 Å². The number of nitrogens with two attached hydrogens (primary N) is 1. The van der Waals surface area contributed by atoms with E-state index in [0.717, 1.165) is 18.1 Å². The van der Waals surface area contributed by atoms with Gasteiger partial charge in [0.1, 0.15) is 0 Å². The van der Waals surface area contributed by atoms with Crippen molar-refractivity contribution >= 4 is 40.3 Å². The van der Waals surface area contributed by atoms with E-state index < -0.39 is 10.2 Å². The standard InChI is InChI=1S/C10H20N4O3S2.ClH/c11-19(16,17)14-4-2-13(3-5-14)10(15)7-9-8-18-6-1-12-9;/h9,12H,1-8H2,(H2,11,16,17);1H. The summed E-state index contributed by atoms with van der Waals surface area (Å²) < 4.78 is 23.5. The largest absolute Gasteiger partial charge is 0.340 e. The Hall–Kier alpha value is -0.0600. The van der Waals surface area contributed by atoms with E-state index in [2.05, 4.69) is 5.32 Å². The fourth-order valence-electron chi connectivity index (χ4n) is 2.28. The van der Waals surface area contributed by atoms with Gasteiger partial charge in [0.15, 0.2) is 0 Å². The van der Waals surface area contributed by atoms with Crippen molar-refractivity contribution in [2.24, 2.45) is 5.14 Å². The first-order valence-electron chi connectivity index (χ1n) is 6.33. The van der Waals surface area contributed by atoms with Gasteiger partial charge in [-0.05, 0) is 0 Å². The monoisotopic (exact) mass is 344 g/mol. The second-order valence-corrected chi connectivity index (χ2v) is 7.45. The molecule has 0 aliphatic carbocycles. The predicted octanol–water partition coefficient (Wildman–Crippen LogP) is -1.15. The van der Waals surface area contributed by atoms with Crippen LogP contribution in [0.15, 0.2) is 0 Å². The summed E-state index contributed by atoms with van der Waals surface area (Å²) in [6.07, 6.45) is 0.488. The molecule has 0 spiro atoms. The second kappa shape index (κ2) is 7.81. The summed E-state index contributed by atoms with van der Waals surface area (Å²) in [6, 6.07) is 0.238. The maximum absolute atomic E-state index is 12.1. The van der Waals surface area contributed by atoms with E-state index in [4.69, 9.17) is 5.14 Å². The number of nitrogens with one attached hydrogen (secondary N) is 1. The maximum atomic E-state index is 12.1. The van der Waals surface area contributed by atoms with Crippen molar-refractivity contribution in [3.05, 3.63) is 0 Å². The molecule has 1 atom stereocenters. The van der Waals surface area contributed by atoms with Crippen molar-refractivity contribution in [1.29, 1.82) is 0 Å². The van der Waals surface area contributed by atoms with Gasteiger partial charge in [0.2, 0.25) is 5.91 Å². The molecule has 7 nitrogen and oxygen atoms in total. The number of carbonyl (C=O) groups excluding carboxylic acids is 1. The van der Waals surface area contributed by atoms with Crippen LogP contribution < -0.4 is 10.5 Å². The van der Waals surface area contributed by atoms with E-state index in [9.17, 15) is 13.2 Å². The Morgan fingerprint density at radius 2 is 1.95 bits per heavy atom. The minimum atomic E-state index is -3.62. The molecule has 2 rings (SSSR count). The number of nitrogens with zero attached hydrogens (tertiary/aromatic N) is 2. The lowest BCUT2D eigenvalue weighted by Crippen LogP contribution is -2.53. The van der Waals surface area contributed by atoms with E-state index in [-0.39, 0.29) is 37.4 Å². The molecule has 0 aromatic rings. The van der Waals surface area contributed by atoms with Gasteiger partial charge in [-0.3, -0.25) is 4.79 Å². The average Bonchev–Trinajstić information content (AvgIpc) is 2.39. The number of halogens is 1. The summed E-state index contributed by atoms with van der Waals surface area (Å²) in [5, 5.41) is 8.39. The van der Waals surface area contributed by atoms with Crippen molar-refractivity contribution in [3.8, 4) is 0 Å². The summed E-state index contributed by atoms with van der Waals surface area (Å²) in [6.45, 7) is 2.38. The molecule has 0 radical (unpaired) electrons. The highest BCUT2D eigenvalue weighted by molar-refractivity contribution is 7.99. The second-order valence-electron chi connectivity index (χ2n) is 4.75. The molecule has 1 amide bonds. The summed E-state index contributed by atoms with van der Waals surface area (Å²) in [7, 11) is -3.62. The summed E-state index contributed by atoms with van der Waals surface area (Å²) in [4.78, 5) is 13.8. The number of hydrogen-bond donors (Lipinski definition) is 2. The zero-order valence-corrected chi connectivity index (χ0v) is 13.6. The summed E-state index contributed by atoms with van der Waals surface area (Å²) in [5.41, 5.74) is 0. The molecule has 20 heavy (non-hydrogen) atoms. The number of carbonyl (C=O) groups is 1. The van der Waals surface area contributed by atoms with E-state index >= 15 is 0 Å². The van der Waals surface area contributed by atoms with Gasteiger partial charge in [0, 0.05) is 56.7 Å². The van der Waals surface area contributed by atoms with Crippen molar-refractivity contribution in [2.75, 3.05) is 44.2 Å². The van der Waals surface area contributed by atoms with Crippen LogP contribution in [0.3, 0.4) is 0 Å². The van der Waals surface area contributed by atoms with Crippen molar-refractivity contribution in [2.45, 2.75) is 12.5 Å². The van der Waals surface area contributed by atoms with Crippen LogP contribution in [0.25, 0.3) is 0 Å². The molecule has 0 bridgehead atoms. The van der Waals surface area contributed by atoms with Crippen molar-refractivity contribution in [1.82, 2.24) is 14.5 Å². The van der Waals surface area contributed by atoms with Crippen LogP contribution in [0, 0.1) is 0 Å². The molecule has 2 aliphatic rings. The van der Waals surface area contributed by atoms with Crippen molar-refractivity contribution < 1.29 is 13.2 Å². The zero-order chi connectivity index (χ0) is 13.9. The average molecular weight is 345 g/mol. The molecule has 0 saturated carbocycles. The molecule has 10 heteroatoms. The van der Waals surface area contributed by atoms with Crippen LogP contribution >= 0.6 is 24.2 Å². The quantitative estimate of drug-likeness (QED) is 0.674. The van der Waals surface area contributed by atoms with Gasteiger partial charge in [0.05, 0.1) is 0 Å². The van der Waals surface area contributed by atoms with Crippen LogP contribution in [0.2, 0.25) is 0 Å². The molecule has 118 valence electrons. The molecule has 2 fully saturated rings. The van der Waals surface area contributed by atoms with Crippen LogP contribution in [0.5, 0.6) is 0 Å². The van der Waals surface area contributed by atoms with Gasteiger partial charge in [-0.25, -0.2) is 5.14 Å². The third-order valence-electron chi connectivity index (χ3n) is 3.37. The van der Waals surface area contributed by atoms with Gasteiger partial charge < -0.3 is 10.2 Å². The number of amides is 1.